The maximum atomic E-state index is 13.1. The molecular formula is C27H22N4O2S. The second-order valence-electron chi connectivity index (χ2n) is 8.02. The molecule has 0 unspecified atom stereocenters. The highest BCUT2D eigenvalue weighted by Crippen LogP contribution is 2.30. The summed E-state index contributed by atoms with van der Waals surface area (Å²) < 4.78 is 1.84. The Balaban J connectivity index is 1.44. The highest BCUT2D eigenvalue weighted by Gasteiger charge is 2.19. The Morgan fingerprint density at radius 3 is 2.44 bits per heavy atom. The first-order valence-corrected chi connectivity index (χ1v) is 11.7. The number of aromatic nitrogens is 3. The SMILES string of the molecule is CC(=O)c1cnc2sc(C(=O)NCc3cn(-c4ccccc4)nc3-c3ccccc3)c(C)c2c1. The molecule has 0 aliphatic heterocycles. The number of thiophene rings is 1. The van der Waals surface area contributed by atoms with Gasteiger partial charge in [-0.1, -0.05) is 48.5 Å². The molecule has 34 heavy (non-hydrogen) atoms. The molecule has 3 heterocycles. The van der Waals surface area contributed by atoms with E-state index in [4.69, 9.17) is 5.10 Å². The van der Waals surface area contributed by atoms with Crippen LogP contribution in [0.3, 0.4) is 0 Å². The van der Waals surface area contributed by atoms with E-state index in [1.54, 1.807) is 6.20 Å². The fourth-order valence-electron chi connectivity index (χ4n) is 3.85. The molecule has 6 nitrogen and oxygen atoms in total. The molecule has 7 heteroatoms. The molecule has 0 saturated carbocycles. The van der Waals surface area contributed by atoms with Crippen molar-refractivity contribution in [3.05, 3.63) is 101 Å². The topological polar surface area (TPSA) is 76.9 Å². The minimum atomic E-state index is -0.170. The van der Waals surface area contributed by atoms with Gasteiger partial charge >= 0.3 is 0 Å². The first kappa shape index (κ1) is 21.7. The highest BCUT2D eigenvalue weighted by molar-refractivity contribution is 7.20. The van der Waals surface area contributed by atoms with E-state index < -0.39 is 0 Å². The number of aryl methyl sites for hydroxylation is 1. The van der Waals surface area contributed by atoms with E-state index in [1.165, 1.54) is 18.3 Å². The zero-order valence-corrected chi connectivity index (χ0v) is 19.6. The Morgan fingerprint density at radius 2 is 1.74 bits per heavy atom. The highest BCUT2D eigenvalue weighted by atomic mass is 32.1. The lowest BCUT2D eigenvalue weighted by atomic mass is 10.1. The molecule has 168 valence electrons. The molecule has 1 N–H and O–H groups in total. The van der Waals surface area contributed by atoms with Crippen molar-refractivity contribution in [2.24, 2.45) is 0 Å². The number of benzene rings is 2. The van der Waals surface area contributed by atoms with Gasteiger partial charge in [0, 0.05) is 41.0 Å². The molecule has 0 saturated heterocycles. The monoisotopic (exact) mass is 466 g/mol. The van der Waals surface area contributed by atoms with Crippen molar-refractivity contribution in [3.63, 3.8) is 0 Å². The molecular weight excluding hydrogens is 444 g/mol. The molecule has 2 aromatic carbocycles. The van der Waals surface area contributed by atoms with Gasteiger partial charge < -0.3 is 5.32 Å². The number of hydrogen-bond donors (Lipinski definition) is 1. The van der Waals surface area contributed by atoms with E-state index in [-0.39, 0.29) is 11.7 Å². The van der Waals surface area contributed by atoms with Crippen LogP contribution in [0.4, 0.5) is 0 Å². The van der Waals surface area contributed by atoms with Gasteiger partial charge in [-0.15, -0.1) is 11.3 Å². The molecule has 0 atom stereocenters. The summed E-state index contributed by atoms with van der Waals surface area (Å²) >= 11 is 1.33. The lowest BCUT2D eigenvalue weighted by molar-refractivity contribution is 0.0953. The van der Waals surface area contributed by atoms with Crippen LogP contribution >= 0.6 is 11.3 Å². The molecule has 0 aliphatic carbocycles. The average molecular weight is 467 g/mol. The summed E-state index contributed by atoms with van der Waals surface area (Å²) in [5.74, 6) is -0.216. The number of nitrogens with zero attached hydrogens (tertiary/aromatic N) is 3. The number of hydrogen-bond acceptors (Lipinski definition) is 5. The van der Waals surface area contributed by atoms with E-state index in [2.05, 4.69) is 10.3 Å². The molecule has 0 spiro atoms. The summed E-state index contributed by atoms with van der Waals surface area (Å²) in [5.41, 5.74) is 5.05. The molecule has 0 radical (unpaired) electrons. The van der Waals surface area contributed by atoms with Gasteiger partial charge in [0.25, 0.3) is 5.91 Å². The number of Topliss-reactive ketones (excluding diaryl/α,β-unsaturated/α-hetero) is 1. The first-order valence-electron chi connectivity index (χ1n) is 10.9. The van der Waals surface area contributed by atoms with Gasteiger partial charge in [-0.05, 0) is 37.6 Å². The van der Waals surface area contributed by atoms with Crippen LogP contribution in [-0.2, 0) is 6.54 Å². The van der Waals surface area contributed by atoms with E-state index in [0.717, 1.165) is 38.3 Å². The molecule has 5 rings (SSSR count). The number of para-hydroxylation sites is 1. The third-order valence-electron chi connectivity index (χ3n) is 5.70. The van der Waals surface area contributed by atoms with Crippen LogP contribution in [0.25, 0.3) is 27.2 Å². The van der Waals surface area contributed by atoms with Gasteiger partial charge in [0.05, 0.1) is 16.3 Å². The number of amides is 1. The van der Waals surface area contributed by atoms with Gasteiger partial charge in [-0.3, -0.25) is 9.59 Å². The lowest BCUT2D eigenvalue weighted by Crippen LogP contribution is -2.22. The zero-order chi connectivity index (χ0) is 23.7. The minimum Gasteiger partial charge on any atom is -0.347 e. The maximum Gasteiger partial charge on any atom is 0.261 e. The van der Waals surface area contributed by atoms with Crippen LogP contribution in [0.1, 0.15) is 38.1 Å². The molecule has 1 amide bonds. The van der Waals surface area contributed by atoms with Crippen LogP contribution in [0.2, 0.25) is 0 Å². The van der Waals surface area contributed by atoms with Crippen molar-refractivity contribution in [2.45, 2.75) is 20.4 Å². The van der Waals surface area contributed by atoms with Crippen LogP contribution in [0.5, 0.6) is 0 Å². The first-order chi connectivity index (χ1) is 16.5. The van der Waals surface area contributed by atoms with Crippen LogP contribution < -0.4 is 5.32 Å². The quantitative estimate of drug-likeness (QED) is 0.331. The fraction of sp³-hybridized carbons (Fsp3) is 0.111. The molecule has 0 fully saturated rings. The summed E-state index contributed by atoms with van der Waals surface area (Å²) in [6.07, 6.45) is 3.52. The number of nitrogens with one attached hydrogen (secondary N) is 1. The Bertz CT molecular complexity index is 1500. The van der Waals surface area contributed by atoms with Crippen molar-refractivity contribution in [1.82, 2.24) is 20.1 Å². The summed E-state index contributed by atoms with van der Waals surface area (Å²) in [5, 5.41) is 8.70. The van der Waals surface area contributed by atoms with Crippen LogP contribution in [-0.4, -0.2) is 26.5 Å². The number of pyridine rings is 1. The Morgan fingerprint density at radius 1 is 1.03 bits per heavy atom. The van der Waals surface area contributed by atoms with Gasteiger partial charge in [0.2, 0.25) is 0 Å². The lowest BCUT2D eigenvalue weighted by Gasteiger charge is -2.05. The predicted octanol–water partition coefficient (Wildman–Crippen LogP) is 5.59. The predicted molar refractivity (Wildman–Crippen MR) is 135 cm³/mol. The third kappa shape index (κ3) is 4.13. The summed E-state index contributed by atoms with van der Waals surface area (Å²) in [6, 6.07) is 21.6. The van der Waals surface area contributed by atoms with Gasteiger partial charge in [0.15, 0.2) is 5.78 Å². The van der Waals surface area contributed by atoms with Crippen molar-refractivity contribution in [1.29, 1.82) is 0 Å². The van der Waals surface area contributed by atoms with Gasteiger partial charge in [-0.25, -0.2) is 9.67 Å². The van der Waals surface area contributed by atoms with Crippen molar-refractivity contribution >= 4 is 33.2 Å². The summed E-state index contributed by atoms with van der Waals surface area (Å²) in [4.78, 5) is 30.6. The van der Waals surface area contributed by atoms with Crippen molar-refractivity contribution in [2.75, 3.05) is 0 Å². The van der Waals surface area contributed by atoms with Gasteiger partial charge in [0.1, 0.15) is 4.83 Å². The summed E-state index contributed by atoms with van der Waals surface area (Å²) in [7, 11) is 0. The largest absolute Gasteiger partial charge is 0.347 e. The molecule has 3 aromatic heterocycles. The standard InChI is InChI=1S/C27H22N4O2S/c1-17-23-13-20(18(2)32)14-29-27(23)34-25(17)26(33)28-15-21-16-31(22-11-7-4-8-12-22)30-24(21)19-9-5-3-6-10-19/h3-14,16H,15H2,1-2H3,(H,28,33). The Labute approximate surface area is 200 Å². The smallest absolute Gasteiger partial charge is 0.261 e. The molecule has 0 aliphatic rings. The summed E-state index contributed by atoms with van der Waals surface area (Å²) in [6.45, 7) is 3.73. The van der Waals surface area contributed by atoms with E-state index in [9.17, 15) is 9.59 Å². The van der Waals surface area contributed by atoms with Gasteiger partial charge in [-0.2, -0.15) is 5.10 Å². The maximum absolute atomic E-state index is 13.1. The Kier molecular flexibility index (Phi) is 5.77. The number of ketones is 1. The van der Waals surface area contributed by atoms with Crippen molar-refractivity contribution < 1.29 is 9.59 Å². The normalized spacial score (nSPS) is 11.0. The minimum absolute atomic E-state index is 0.0464. The number of fused-ring (bicyclic) bond motifs is 1. The molecule has 0 bridgehead atoms. The van der Waals surface area contributed by atoms with Crippen molar-refractivity contribution in [3.8, 4) is 16.9 Å². The second-order valence-corrected chi connectivity index (χ2v) is 9.02. The second kappa shape index (κ2) is 9.03. The van der Waals surface area contributed by atoms with E-state index in [0.29, 0.717) is 17.0 Å². The van der Waals surface area contributed by atoms with E-state index >= 15 is 0 Å². The van der Waals surface area contributed by atoms with E-state index in [1.807, 2.05) is 84.5 Å². The number of carbonyl (C=O) groups excluding carboxylic acids is 2. The van der Waals surface area contributed by atoms with Crippen LogP contribution in [0, 0.1) is 6.92 Å². The molecule has 5 aromatic rings. The fourth-order valence-corrected chi connectivity index (χ4v) is 4.90. The van der Waals surface area contributed by atoms with Crippen LogP contribution in [0.15, 0.2) is 79.1 Å². The average Bonchev–Trinajstić information content (AvgIpc) is 3.45. The third-order valence-corrected chi connectivity index (χ3v) is 6.92. The zero-order valence-electron chi connectivity index (χ0n) is 18.8. The Hall–Kier alpha value is -4.10. The number of carbonyl (C=O) groups is 2. The number of rotatable bonds is 6.